The molecule has 0 amide bonds. The molecule has 0 fully saturated rings. The van der Waals surface area contributed by atoms with Crippen LogP contribution in [0.4, 0.5) is 10.8 Å². The molecule has 1 heterocycles. The average Bonchev–Trinajstić information content (AvgIpc) is 3.19. The van der Waals surface area contributed by atoms with Crippen molar-refractivity contribution < 1.29 is 9.53 Å². The van der Waals surface area contributed by atoms with Crippen molar-refractivity contribution in [3.63, 3.8) is 0 Å². The summed E-state index contributed by atoms with van der Waals surface area (Å²) in [6.07, 6.45) is 4.10. The van der Waals surface area contributed by atoms with Crippen LogP contribution in [0.15, 0.2) is 48.5 Å². The van der Waals surface area contributed by atoms with E-state index in [0.29, 0.717) is 11.6 Å². The largest absolute Gasteiger partial charge is 0.463 e. The number of hydrogen-bond donors (Lipinski definition) is 1. The summed E-state index contributed by atoms with van der Waals surface area (Å²) in [5.41, 5.74) is 5.36. The van der Waals surface area contributed by atoms with Gasteiger partial charge in [-0.2, -0.15) is 0 Å². The molecule has 0 bridgehead atoms. The summed E-state index contributed by atoms with van der Waals surface area (Å²) < 4.78 is 4.91. The van der Waals surface area contributed by atoms with Gasteiger partial charge in [-0.3, -0.25) is 0 Å². The summed E-state index contributed by atoms with van der Waals surface area (Å²) in [6, 6.07) is 13.7. The zero-order valence-electron chi connectivity index (χ0n) is 14.7. The molecule has 136 valence electrons. The molecule has 4 nitrogen and oxygen atoms in total. The van der Waals surface area contributed by atoms with Gasteiger partial charge in [0.1, 0.15) is 0 Å². The third-order valence-corrected chi connectivity index (χ3v) is 5.45. The topological polar surface area (TPSA) is 51.2 Å². The third kappa shape index (κ3) is 3.89. The number of thiazole rings is 1. The lowest BCUT2D eigenvalue weighted by atomic mass is 10.1. The maximum absolute atomic E-state index is 11.5. The zero-order chi connectivity index (χ0) is 18.8. The zero-order valence-corrected chi connectivity index (χ0v) is 16.2. The number of esters is 1. The van der Waals surface area contributed by atoms with E-state index >= 15 is 0 Å². The van der Waals surface area contributed by atoms with Crippen LogP contribution in [0.1, 0.15) is 22.9 Å². The monoisotopic (exact) mass is 396 g/mol. The van der Waals surface area contributed by atoms with Gasteiger partial charge in [0, 0.05) is 33.6 Å². The lowest BCUT2D eigenvalue weighted by Crippen LogP contribution is -1.98. The fraction of sp³-hybridized carbons (Fsp3) is 0.143. The Hall–Kier alpha value is -2.63. The van der Waals surface area contributed by atoms with Crippen LogP contribution in [0.2, 0.25) is 5.02 Å². The van der Waals surface area contributed by atoms with Gasteiger partial charge in [0.05, 0.1) is 12.3 Å². The molecule has 2 aromatic carbocycles. The Balaban J connectivity index is 1.52. The van der Waals surface area contributed by atoms with Crippen molar-refractivity contribution in [2.45, 2.75) is 13.3 Å². The number of benzene rings is 2. The molecule has 0 saturated carbocycles. The molecule has 1 aromatic heterocycles. The minimum Gasteiger partial charge on any atom is -0.463 e. The molecule has 1 aliphatic carbocycles. The molecule has 4 rings (SSSR count). The molecule has 27 heavy (non-hydrogen) atoms. The highest BCUT2D eigenvalue weighted by molar-refractivity contribution is 7.16. The highest BCUT2D eigenvalue weighted by Crippen LogP contribution is 2.42. The molecule has 0 spiro atoms. The number of carbonyl (C=O) groups excluding carboxylic acids is 1. The molecule has 0 unspecified atom stereocenters. The Morgan fingerprint density at radius 3 is 2.89 bits per heavy atom. The van der Waals surface area contributed by atoms with E-state index in [1.165, 1.54) is 16.5 Å². The second-order valence-corrected chi connectivity index (χ2v) is 7.62. The Morgan fingerprint density at radius 1 is 1.30 bits per heavy atom. The number of carbonyl (C=O) groups is 1. The molecule has 1 aliphatic rings. The Bertz CT molecular complexity index is 1030. The Kier molecular flexibility index (Phi) is 4.97. The fourth-order valence-electron chi connectivity index (χ4n) is 3.01. The first kappa shape index (κ1) is 17.8. The predicted molar refractivity (Wildman–Crippen MR) is 111 cm³/mol. The Labute approximate surface area is 166 Å². The van der Waals surface area contributed by atoms with Crippen molar-refractivity contribution in [3.05, 3.63) is 69.6 Å². The van der Waals surface area contributed by atoms with Crippen LogP contribution in [0.25, 0.3) is 17.3 Å². The van der Waals surface area contributed by atoms with Crippen LogP contribution in [0.5, 0.6) is 0 Å². The van der Waals surface area contributed by atoms with E-state index in [1.807, 2.05) is 30.3 Å². The summed E-state index contributed by atoms with van der Waals surface area (Å²) in [5, 5.41) is 4.92. The molecule has 0 atom stereocenters. The van der Waals surface area contributed by atoms with Crippen molar-refractivity contribution in [1.29, 1.82) is 0 Å². The van der Waals surface area contributed by atoms with Gasteiger partial charge in [0.2, 0.25) is 0 Å². The summed E-state index contributed by atoms with van der Waals surface area (Å²) in [5.74, 6) is -0.323. The molecule has 6 heteroatoms. The second-order valence-electron chi connectivity index (χ2n) is 6.10. The lowest BCUT2D eigenvalue weighted by molar-refractivity contribution is -0.137. The first-order valence-corrected chi connectivity index (χ1v) is 9.82. The van der Waals surface area contributed by atoms with Gasteiger partial charge in [0.25, 0.3) is 0 Å². The van der Waals surface area contributed by atoms with E-state index in [-0.39, 0.29) is 5.97 Å². The second kappa shape index (κ2) is 7.55. The van der Waals surface area contributed by atoms with Crippen LogP contribution in [0, 0.1) is 0 Å². The molecule has 0 saturated heterocycles. The van der Waals surface area contributed by atoms with E-state index in [1.54, 1.807) is 24.3 Å². The summed E-state index contributed by atoms with van der Waals surface area (Å²) in [4.78, 5) is 17.5. The van der Waals surface area contributed by atoms with E-state index < -0.39 is 0 Å². The number of ether oxygens (including phenoxy) is 1. The SMILES string of the molecule is CCOC(=O)/C=C/c1ccc2c(c1)Cc1sc(Nc3ccc(Cl)cc3)nc1-2. The number of fused-ring (bicyclic) bond motifs is 3. The number of rotatable bonds is 5. The van der Waals surface area contributed by atoms with E-state index in [0.717, 1.165) is 34.1 Å². The summed E-state index contributed by atoms with van der Waals surface area (Å²) >= 11 is 7.59. The predicted octanol–water partition coefficient (Wildman–Crippen LogP) is 5.69. The van der Waals surface area contributed by atoms with Crippen molar-refractivity contribution in [2.75, 3.05) is 11.9 Å². The number of nitrogens with one attached hydrogen (secondary N) is 1. The highest BCUT2D eigenvalue weighted by atomic mass is 35.5. The smallest absolute Gasteiger partial charge is 0.330 e. The van der Waals surface area contributed by atoms with Gasteiger partial charge in [-0.25, -0.2) is 9.78 Å². The van der Waals surface area contributed by atoms with Crippen LogP contribution in [0.3, 0.4) is 0 Å². The van der Waals surface area contributed by atoms with Crippen LogP contribution in [-0.2, 0) is 16.0 Å². The average molecular weight is 397 g/mol. The fourth-order valence-corrected chi connectivity index (χ4v) is 4.16. The van der Waals surface area contributed by atoms with Crippen LogP contribution >= 0.6 is 22.9 Å². The molecule has 1 N–H and O–H groups in total. The Morgan fingerprint density at radius 2 is 2.11 bits per heavy atom. The van der Waals surface area contributed by atoms with E-state index in [9.17, 15) is 4.79 Å². The molecule has 0 radical (unpaired) electrons. The molecular weight excluding hydrogens is 380 g/mol. The van der Waals surface area contributed by atoms with Crippen molar-refractivity contribution in [3.8, 4) is 11.3 Å². The van der Waals surface area contributed by atoms with Crippen molar-refractivity contribution in [1.82, 2.24) is 4.98 Å². The summed E-state index contributed by atoms with van der Waals surface area (Å²) in [7, 11) is 0. The van der Waals surface area contributed by atoms with E-state index in [4.69, 9.17) is 21.3 Å². The lowest BCUT2D eigenvalue weighted by Gasteiger charge is -2.04. The first-order valence-electron chi connectivity index (χ1n) is 8.63. The number of nitrogens with zero attached hydrogens (tertiary/aromatic N) is 1. The van der Waals surface area contributed by atoms with Gasteiger partial charge < -0.3 is 10.1 Å². The normalized spacial score (nSPS) is 12.1. The highest BCUT2D eigenvalue weighted by Gasteiger charge is 2.23. The van der Waals surface area contributed by atoms with Crippen LogP contribution < -0.4 is 5.32 Å². The standard InChI is InChI=1S/C21H17ClN2O2S/c1-2-26-19(25)10-4-13-3-9-17-14(11-13)12-18-20(17)24-21(27-18)23-16-7-5-15(22)6-8-16/h3-11H,2,12H2,1H3,(H,23,24)/b10-4+. The minimum atomic E-state index is -0.323. The quantitative estimate of drug-likeness (QED) is 0.348. The van der Waals surface area contributed by atoms with Gasteiger partial charge in [-0.15, -0.1) is 11.3 Å². The molecule has 0 aliphatic heterocycles. The summed E-state index contributed by atoms with van der Waals surface area (Å²) in [6.45, 7) is 2.17. The number of hydrogen-bond acceptors (Lipinski definition) is 5. The van der Waals surface area contributed by atoms with E-state index in [2.05, 4.69) is 17.4 Å². The van der Waals surface area contributed by atoms with Gasteiger partial charge >= 0.3 is 5.97 Å². The molecule has 3 aromatic rings. The van der Waals surface area contributed by atoms with Gasteiger partial charge in [0.15, 0.2) is 5.13 Å². The number of halogens is 1. The van der Waals surface area contributed by atoms with Gasteiger partial charge in [-0.05, 0) is 48.4 Å². The van der Waals surface area contributed by atoms with Crippen molar-refractivity contribution in [2.24, 2.45) is 0 Å². The first-order chi connectivity index (χ1) is 13.1. The third-order valence-electron chi connectivity index (χ3n) is 4.23. The minimum absolute atomic E-state index is 0.323. The maximum atomic E-state index is 11.5. The van der Waals surface area contributed by atoms with Crippen LogP contribution in [-0.4, -0.2) is 17.6 Å². The number of aromatic nitrogens is 1. The van der Waals surface area contributed by atoms with Gasteiger partial charge in [-0.1, -0.05) is 29.8 Å². The maximum Gasteiger partial charge on any atom is 0.330 e. The molecular formula is C21H17ClN2O2S. The number of anilines is 2. The van der Waals surface area contributed by atoms with Crippen molar-refractivity contribution >= 4 is 45.8 Å².